The van der Waals surface area contributed by atoms with E-state index in [1.165, 1.54) is 59.0 Å². The smallest absolute Gasteiger partial charge is 0.406 e. The first-order chi connectivity index (χ1) is 48.7. The SMILES string of the molecule is COc1ccc2c(c1)C(=O)N(CC(C)C)C(c1cccnc1)C2C(=O)O.Cc1ccc2c(c1)C(=O)N(CC(F)(F)F)C(c1cnn(C)c1)C2C(=O)O.[C-]#[N+]c1ccc(C2C(C(=O)O)c3ccccc3C(=O)N2CC2CC2)s1.[C-]#[N+]c1ccc(C2C(C(=O)O)c3ccccc3C(=O)N2CCCC)s1. The molecule has 4 aliphatic heterocycles. The molecule has 13 rings (SSSR count). The molecular weight excluding hydrogens is 1360 g/mol. The van der Waals surface area contributed by atoms with Crippen LogP contribution in [0.1, 0.15) is 184 Å². The summed E-state index contributed by atoms with van der Waals surface area (Å²) in [6, 6.07) is 31.0. The molecule has 102 heavy (non-hydrogen) atoms. The lowest BCUT2D eigenvalue weighted by atomic mass is 9.79. The van der Waals surface area contributed by atoms with Crippen LogP contribution in [0.15, 0.2) is 146 Å². The number of aryl methyl sites for hydroxylation is 2. The fourth-order valence-electron chi connectivity index (χ4n) is 13.7. The second kappa shape index (κ2) is 31.2. The number of hydrogen-bond donors (Lipinski definition) is 4. The van der Waals surface area contributed by atoms with Gasteiger partial charge in [-0.25, -0.2) is 9.69 Å². The van der Waals surface area contributed by atoms with Crippen LogP contribution in [0.4, 0.5) is 23.2 Å². The zero-order valence-electron chi connectivity index (χ0n) is 56.2. The van der Waals surface area contributed by atoms with Crippen LogP contribution >= 0.6 is 22.7 Å². The molecule has 4 aromatic heterocycles. The number of thiophene rings is 2. The van der Waals surface area contributed by atoms with Crippen LogP contribution in [0.2, 0.25) is 0 Å². The number of fused-ring (bicyclic) bond motifs is 4. The minimum absolute atomic E-state index is 0.0122. The van der Waals surface area contributed by atoms with Crippen molar-refractivity contribution in [1.29, 1.82) is 0 Å². The molecule has 4 aromatic carbocycles. The number of rotatable bonds is 17. The number of carbonyl (C=O) groups is 8. The van der Waals surface area contributed by atoms with Gasteiger partial charge in [0.25, 0.3) is 23.6 Å². The van der Waals surface area contributed by atoms with E-state index in [0.29, 0.717) is 85.1 Å². The predicted octanol–water partition coefficient (Wildman–Crippen LogP) is 14.3. The van der Waals surface area contributed by atoms with Crippen molar-refractivity contribution in [1.82, 2.24) is 34.4 Å². The van der Waals surface area contributed by atoms with E-state index in [9.17, 15) is 72.0 Å². The largest absolute Gasteiger partial charge is 0.497 e. The van der Waals surface area contributed by atoms with Crippen molar-refractivity contribution in [2.75, 3.05) is 33.3 Å². The summed E-state index contributed by atoms with van der Waals surface area (Å²) in [5.74, 6) is -8.09. The number of aromatic nitrogens is 3. The molecule has 1 fully saturated rings. The molecule has 5 aliphatic rings. The van der Waals surface area contributed by atoms with E-state index in [2.05, 4.69) is 19.8 Å². The average molecular weight is 1430 g/mol. The number of nitrogens with zero attached hydrogens (tertiary/aromatic N) is 9. The van der Waals surface area contributed by atoms with Crippen LogP contribution in [0, 0.1) is 31.9 Å². The standard InChI is InChI=1S/C20H22N2O4.C19H16N2O3S.C19H18N2O3S.C17H16F3N3O3/c1-12(2)11-22-18(13-5-4-8-21-10-13)17(20(24)25)15-7-6-14(26-3)9-16(15)19(22)23;1-20-15-9-8-14(25-15)17-16(19(23)24)12-4-2-3-5-13(12)18(22)21(17)10-11-6-7-11;1-3-4-11-21-17(14-9-10-15(20-2)25-14)16(19(23)24)12-7-5-6-8-13(12)18(21)22;1-9-3-4-11-12(5-9)15(24)23(8-17(18,19)20)14(13(11)16(25)26)10-6-21-22(2)7-10/h4-10,12,17-18H,11H2,1-3H3,(H,24,25);2-5,8-9,11,16-17H,6-7,10H2,(H,23,24);5-10,16-17H,3-4,11H2,1H3,(H,23,24);3-7,13-14H,8H2,1-2H3,(H,25,26). The van der Waals surface area contributed by atoms with Crippen LogP contribution < -0.4 is 4.74 Å². The normalized spacial score (nSPS) is 20.3. The second-order valence-electron chi connectivity index (χ2n) is 25.7. The zero-order valence-corrected chi connectivity index (χ0v) is 57.9. The van der Waals surface area contributed by atoms with Gasteiger partial charge in [0.15, 0.2) is 0 Å². The first-order valence-corrected chi connectivity index (χ1v) is 34.3. The van der Waals surface area contributed by atoms with E-state index in [1.807, 2.05) is 26.8 Å². The molecule has 0 bridgehead atoms. The monoisotopic (exact) mass is 1430 g/mol. The van der Waals surface area contributed by atoms with Crippen molar-refractivity contribution in [2.45, 2.75) is 107 Å². The molecule has 1 saturated carbocycles. The van der Waals surface area contributed by atoms with Gasteiger partial charge in [0.1, 0.15) is 36.0 Å². The highest BCUT2D eigenvalue weighted by atomic mass is 32.1. The molecule has 4 N–H and O–H groups in total. The number of carbonyl (C=O) groups excluding carboxylic acids is 4. The summed E-state index contributed by atoms with van der Waals surface area (Å²) < 4.78 is 46.0. The van der Waals surface area contributed by atoms with Gasteiger partial charge in [0, 0.05) is 82.8 Å². The molecule has 27 heteroatoms. The van der Waals surface area contributed by atoms with Crippen molar-refractivity contribution in [3.63, 3.8) is 0 Å². The van der Waals surface area contributed by atoms with Crippen molar-refractivity contribution in [3.8, 4) is 5.75 Å². The third-order valence-electron chi connectivity index (χ3n) is 18.3. The molecule has 8 aromatic rings. The van der Waals surface area contributed by atoms with Gasteiger partial charge in [0.2, 0.25) is 10.0 Å². The van der Waals surface area contributed by atoms with Crippen LogP contribution in [0.5, 0.6) is 5.75 Å². The summed E-state index contributed by atoms with van der Waals surface area (Å²) >= 11 is 2.54. The molecule has 8 unspecified atom stereocenters. The Kier molecular flexibility index (Phi) is 22.6. The lowest BCUT2D eigenvalue weighted by Crippen LogP contribution is -2.48. The Morgan fingerprint density at radius 2 is 1.10 bits per heavy atom. The Bertz CT molecular complexity index is 4590. The number of halogens is 3. The van der Waals surface area contributed by atoms with Crippen LogP contribution in [0.25, 0.3) is 9.69 Å². The second-order valence-corrected chi connectivity index (χ2v) is 27.9. The van der Waals surface area contributed by atoms with E-state index in [1.54, 1.807) is 144 Å². The first-order valence-electron chi connectivity index (χ1n) is 32.7. The molecule has 528 valence electrons. The van der Waals surface area contributed by atoms with Gasteiger partial charge >= 0.3 is 30.1 Å². The third-order valence-corrected chi connectivity index (χ3v) is 20.4. The molecule has 8 heterocycles. The number of alkyl halides is 3. The number of carboxylic acids is 4. The maximum atomic E-state index is 13.2. The summed E-state index contributed by atoms with van der Waals surface area (Å²) in [5, 5.41) is 44.5. The average Bonchev–Trinajstić information content (AvgIpc) is 1.05. The van der Waals surface area contributed by atoms with Gasteiger partial charge in [-0.15, -0.1) is 0 Å². The zero-order chi connectivity index (χ0) is 73.6. The summed E-state index contributed by atoms with van der Waals surface area (Å²) in [6.07, 6.45) is 5.19. The number of carboxylic acid groups (broad SMARTS) is 4. The summed E-state index contributed by atoms with van der Waals surface area (Å²) in [5.41, 5.74) is 4.77. The van der Waals surface area contributed by atoms with Crippen molar-refractivity contribution >= 4 is 80.2 Å². The summed E-state index contributed by atoms with van der Waals surface area (Å²) in [4.78, 5) is 119. The molecule has 22 nitrogen and oxygen atoms in total. The number of hydrogen-bond acceptors (Lipinski definition) is 13. The van der Waals surface area contributed by atoms with Crippen LogP contribution in [-0.2, 0) is 26.2 Å². The fourth-order valence-corrected chi connectivity index (χ4v) is 15.6. The maximum Gasteiger partial charge on any atom is 0.406 e. The van der Waals surface area contributed by atoms with Gasteiger partial charge in [-0.2, -0.15) is 40.9 Å². The number of amides is 4. The Hall–Kier alpha value is -11.0. The highest BCUT2D eigenvalue weighted by molar-refractivity contribution is 7.16. The van der Waals surface area contributed by atoms with Crippen LogP contribution in [0.3, 0.4) is 0 Å². The highest BCUT2D eigenvalue weighted by Gasteiger charge is 2.51. The Labute approximate surface area is 593 Å². The third kappa shape index (κ3) is 15.6. The number of ether oxygens (including phenoxy) is 1. The summed E-state index contributed by atoms with van der Waals surface area (Å²) in [7, 11) is 3.09. The fraction of sp³-hybridized carbons (Fsp3) is 0.333. The van der Waals surface area contributed by atoms with E-state index in [4.69, 9.17) is 17.9 Å². The number of methoxy groups -OCH3 is 1. The Balaban J connectivity index is 0.000000146. The van der Waals surface area contributed by atoms with Gasteiger partial charge in [0.05, 0.1) is 50.6 Å². The molecular formula is C75H72F3N9O13S2. The minimum Gasteiger partial charge on any atom is -0.497 e. The minimum atomic E-state index is -4.67. The summed E-state index contributed by atoms with van der Waals surface area (Å²) in [6.45, 7) is 22.1. The van der Waals surface area contributed by atoms with Crippen molar-refractivity contribution < 1.29 is 76.7 Å². The van der Waals surface area contributed by atoms with Gasteiger partial charge in [-0.3, -0.25) is 48.0 Å². The maximum absolute atomic E-state index is 13.2. The molecule has 0 radical (unpaired) electrons. The van der Waals surface area contributed by atoms with Crippen LogP contribution in [-0.4, -0.2) is 142 Å². The molecule has 0 spiro atoms. The Morgan fingerprint density at radius 1 is 0.608 bits per heavy atom. The van der Waals surface area contributed by atoms with E-state index in [-0.39, 0.29) is 40.3 Å². The topological polar surface area (TPSA) is 279 Å². The molecule has 4 amide bonds. The quantitative estimate of drug-likeness (QED) is 0.0617. The Morgan fingerprint density at radius 3 is 1.57 bits per heavy atom. The van der Waals surface area contributed by atoms with Gasteiger partial charge in [-0.1, -0.05) is 106 Å². The number of aliphatic carboxylic acids is 4. The number of benzene rings is 4. The number of unbranched alkanes of at least 4 members (excludes halogenated alkanes) is 1. The highest BCUT2D eigenvalue weighted by Crippen LogP contribution is 2.51. The molecule has 8 atom stereocenters. The van der Waals surface area contributed by atoms with E-state index >= 15 is 0 Å². The molecule has 0 saturated heterocycles. The van der Waals surface area contributed by atoms with E-state index < -0.39 is 90.3 Å². The van der Waals surface area contributed by atoms with E-state index in [0.717, 1.165) is 41.0 Å². The van der Waals surface area contributed by atoms with Gasteiger partial charge < -0.3 is 44.8 Å². The lowest BCUT2D eigenvalue weighted by Gasteiger charge is -2.41. The predicted molar refractivity (Wildman–Crippen MR) is 371 cm³/mol. The van der Waals surface area contributed by atoms with Crippen molar-refractivity contribution in [3.05, 3.63) is 240 Å². The van der Waals surface area contributed by atoms with Gasteiger partial charge in [-0.05, 0) is 114 Å². The first kappa shape index (κ1) is 73.7. The number of pyridine rings is 1. The van der Waals surface area contributed by atoms with Crippen molar-refractivity contribution in [2.24, 2.45) is 18.9 Å². The molecule has 1 aliphatic carbocycles. The lowest BCUT2D eigenvalue weighted by molar-refractivity contribution is -0.153.